The van der Waals surface area contributed by atoms with Gasteiger partial charge in [0.25, 0.3) is 0 Å². The fourth-order valence-electron chi connectivity index (χ4n) is 4.34. The van der Waals surface area contributed by atoms with Crippen molar-refractivity contribution in [2.75, 3.05) is 17.5 Å². The van der Waals surface area contributed by atoms with Crippen LogP contribution in [0.3, 0.4) is 0 Å². The van der Waals surface area contributed by atoms with Gasteiger partial charge in [0.2, 0.25) is 15.9 Å². The molecule has 0 spiro atoms. The van der Waals surface area contributed by atoms with Gasteiger partial charge in [-0.1, -0.05) is 30.3 Å². The molecule has 0 unspecified atom stereocenters. The molecule has 0 aliphatic heterocycles. The predicted octanol–water partition coefficient (Wildman–Crippen LogP) is 3.99. The van der Waals surface area contributed by atoms with Crippen LogP contribution in [-0.2, 0) is 40.4 Å². The molecule has 0 fully saturated rings. The molecule has 0 radical (unpaired) electrons. The minimum atomic E-state index is -4.62. The third kappa shape index (κ3) is 10.2. The van der Waals surface area contributed by atoms with Gasteiger partial charge in [-0.05, 0) is 72.9 Å². The number of nitrogens with one attached hydrogen (secondary N) is 3. The smallest absolute Gasteiger partial charge is 0.416 e. The number of halogens is 3. The number of benzene rings is 3. The third-order valence-electron chi connectivity index (χ3n) is 6.27. The van der Waals surface area contributed by atoms with E-state index in [1.807, 2.05) is 26.0 Å². The number of aromatic hydroxyl groups is 2. The first-order valence-corrected chi connectivity index (χ1v) is 14.8. The molecule has 0 aliphatic rings. The Morgan fingerprint density at radius 2 is 1.64 bits per heavy atom. The van der Waals surface area contributed by atoms with E-state index in [9.17, 15) is 41.7 Å². The average molecular weight is 610 g/mol. The lowest BCUT2D eigenvalue weighted by molar-refractivity contribution is -0.137. The number of anilines is 1. The molecule has 3 aromatic rings. The molecule has 3 rings (SSSR count). The van der Waals surface area contributed by atoms with Gasteiger partial charge < -0.3 is 26.0 Å². The van der Waals surface area contributed by atoms with Crippen molar-refractivity contribution in [1.29, 1.82) is 0 Å². The fourth-order valence-corrected chi connectivity index (χ4v) is 4.91. The van der Waals surface area contributed by atoms with Gasteiger partial charge in [0.1, 0.15) is 11.5 Å². The van der Waals surface area contributed by atoms with E-state index < -0.39 is 45.1 Å². The number of amides is 1. The van der Waals surface area contributed by atoms with Gasteiger partial charge in [0.15, 0.2) is 0 Å². The summed E-state index contributed by atoms with van der Waals surface area (Å²) in [5.41, 5.74) is 0.576. The summed E-state index contributed by atoms with van der Waals surface area (Å²) in [7, 11) is -3.63. The Labute approximate surface area is 242 Å². The Hall–Kier alpha value is -3.81. The normalized spacial score (nSPS) is 13.0. The van der Waals surface area contributed by atoms with E-state index in [2.05, 4.69) is 15.4 Å². The van der Waals surface area contributed by atoms with Crippen LogP contribution in [-0.4, -0.2) is 48.0 Å². The highest BCUT2D eigenvalue weighted by Gasteiger charge is 2.31. The van der Waals surface area contributed by atoms with Crippen molar-refractivity contribution in [3.05, 3.63) is 88.5 Å². The summed E-state index contributed by atoms with van der Waals surface area (Å²) >= 11 is 0. The van der Waals surface area contributed by atoms with Gasteiger partial charge in [-0.2, -0.15) is 13.2 Å². The number of phenols is 2. The van der Waals surface area contributed by atoms with Gasteiger partial charge in [-0.25, -0.2) is 8.42 Å². The van der Waals surface area contributed by atoms with Crippen LogP contribution in [0.5, 0.6) is 11.5 Å². The van der Waals surface area contributed by atoms with E-state index in [-0.39, 0.29) is 36.5 Å². The molecule has 6 N–H and O–H groups in total. The molecular formula is C29H34F3N3O6S. The summed E-state index contributed by atoms with van der Waals surface area (Å²) in [5.74, 6) is -1.21. The summed E-state index contributed by atoms with van der Waals surface area (Å²) in [6.07, 6.45) is -4.15. The van der Waals surface area contributed by atoms with Crippen LogP contribution >= 0.6 is 0 Å². The van der Waals surface area contributed by atoms with Crippen molar-refractivity contribution in [3.63, 3.8) is 0 Å². The van der Waals surface area contributed by atoms with E-state index in [0.29, 0.717) is 23.6 Å². The average Bonchev–Trinajstić information content (AvgIpc) is 2.86. The summed E-state index contributed by atoms with van der Waals surface area (Å²) in [6, 6.07) is 14.1. The highest BCUT2D eigenvalue weighted by molar-refractivity contribution is 7.92. The van der Waals surface area contributed by atoms with Crippen LogP contribution < -0.4 is 15.4 Å². The number of alkyl halides is 3. The molecule has 13 heteroatoms. The maximum absolute atomic E-state index is 13.0. The molecule has 0 bridgehead atoms. The van der Waals surface area contributed by atoms with Crippen molar-refractivity contribution in [2.45, 2.75) is 51.1 Å². The quantitative estimate of drug-likeness (QED) is 0.170. The Balaban J connectivity index is 1.57. The zero-order chi connectivity index (χ0) is 31.3. The van der Waals surface area contributed by atoms with Crippen molar-refractivity contribution in [3.8, 4) is 11.5 Å². The molecule has 9 nitrogen and oxygen atoms in total. The van der Waals surface area contributed by atoms with Gasteiger partial charge in [0, 0.05) is 18.6 Å². The first-order chi connectivity index (χ1) is 19.4. The van der Waals surface area contributed by atoms with Crippen molar-refractivity contribution < 1.29 is 41.7 Å². The summed E-state index contributed by atoms with van der Waals surface area (Å²) in [6.45, 7) is 3.81. The monoisotopic (exact) mass is 609 g/mol. The van der Waals surface area contributed by atoms with Crippen molar-refractivity contribution >= 4 is 21.6 Å². The summed E-state index contributed by atoms with van der Waals surface area (Å²) in [5, 5.41) is 36.0. The number of carbonyl (C=O) groups excluding carboxylic acids is 1. The topological polar surface area (TPSA) is 148 Å². The number of hydrogen-bond acceptors (Lipinski definition) is 7. The van der Waals surface area contributed by atoms with E-state index in [0.717, 1.165) is 24.0 Å². The molecule has 3 aromatic carbocycles. The van der Waals surface area contributed by atoms with Crippen molar-refractivity contribution in [1.82, 2.24) is 10.6 Å². The Bertz CT molecular complexity index is 1530. The van der Waals surface area contributed by atoms with Gasteiger partial charge >= 0.3 is 6.18 Å². The molecule has 228 valence electrons. The highest BCUT2D eigenvalue weighted by Crippen LogP contribution is 2.32. The van der Waals surface area contributed by atoms with E-state index in [1.165, 1.54) is 18.2 Å². The molecule has 1 amide bonds. The Morgan fingerprint density at radius 1 is 0.952 bits per heavy atom. The van der Waals surface area contributed by atoms with Gasteiger partial charge in [-0.15, -0.1) is 0 Å². The second kappa shape index (κ2) is 13.0. The van der Waals surface area contributed by atoms with Crippen LogP contribution in [0.15, 0.2) is 60.7 Å². The van der Waals surface area contributed by atoms with Crippen LogP contribution in [0.2, 0.25) is 0 Å². The number of phenolic OH excluding ortho intramolecular Hbond substituents is 2. The van der Waals surface area contributed by atoms with Gasteiger partial charge in [0.05, 0.1) is 30.0 Å². The van der Waals surface area contributed by atoms with Crippen LogP contribution in [0.4, 0.5) is 18.9 Å². The fraction of sp³-hybridized carbons (Fsp3) is 0.345. The standard InChI is InChI=1S/C29H34F3N3O6S/c1-28(2,34-17-26(38)21-7-8-25(37)24(13-21)35-42(3,40)41)15-19-6-4-5-18(9-19)12-27(39)33-16-20-10-22(29(30,31)32)14-23(36)11-20/h4-11,13-14,26,34-38H,12,15-17H2,1-3H3,(H,33,39)/t26-/m0/s1. The van der Waals surface area contributed by atoms with E-state index in [1.54, 1.807) is 12.1 Å². The lowest BCUT2D eigenvalue weighted by atomic mass is 9.93. The third-order valence-corrected chi connectivity index (χ3v) is 6.86. The SMILES string of the molecule is CC(C)(Cc1cccc(CC(=O)NCc2cc(O)cc(C(F)(F)F)c2)c1)NC[C@H](O)c1ccc(O)c(NS(C)(=O)=O)c1. The molecular weight excluding hydrogens is 575 g/mol. The molecule has 42 heavy (non-hydrogen) atoms. The molecule has 0 saturated carbocycles. The minimum absolute atomic E-state index is 0.00391. The number of sulfonamides is 1. The second-order valence-electron chi connectivity index (χ2n) is 10.8. The summed E-state index contributed by atoms with van der Waals surface area (Å²) < 4.78 is 64.2. The van der Waals surface area contributed by atoms with Crippen LogP contribution in [0.25, 0.3) is 0 Å². The minimum Gasteiger partial charge on any atom is -0.508 e. The molecule has 0 aromatic heterocycles. The Kier molecular flexibility index (Phi) is 10.1. The lowest BCUT2D eigenvalue weighted by Crippen LogP contribution is -2.43. The molecule has 1 atom stereocenters. The first-order valence-electron chi connectivity index (χ1n) is 12.9. The van der Waals surface area contributed by atoms with Gasteiger partial charge in [-0.3, -0.25) is 9.52 Å². The summed E-state index contributed by atoms with van der Waals surface area (Å²) in [4.78, 5) is 12.5. The molecule has 0 heterocycles. The maximum atomic E-state index is 13.0. The Morgan fingerprint density at radius 3 is 2.31 bits per heavy atom. The van der Waals surface area contributed by atoms with Crippen LogP contribution in [0, 0.1) is 0 Å². The van der Waals surface area contributed by atoms with E-state index in [4.69, 9.17) is 0 Å². The highest BCUT2D eigenvalue weighted by atomic mass is 32.2. The lowest BCUT2D eigenvalue weighted by Gasteiger charge is -2.28. The van der Waals surface area contributed by atoms with E-state index >= 15 is 0 Å². The zero-order valence-electron chi connectivity index (χ0n) is 23.3. The maximum Gasteiger partial charge on any atom is 0.416 e. The van der Waals surface area contributed by atoms with Crippen molar-refractivity contribution in [2.24, 2.45) is 0 Å². The number of β-amino-alcohol motifs (C(OH)–C–C–N with tert-alkyl or cyclic N) is 1. The number of aliphatic hydroxyl groups excluding tert-OH is 1. The molecule has 0 saturated heterocycles. The number of carbonyl (C=O) groups is 1. The number of hydrogen-bond donors (Lipinski definition) is 6. The number of aliphatic hydroxyl groups is 1. The van der Waals surface area contributed by atoms with Crippen LogP contribution in [0.1, 0.15) is 47.8 Å². The zero-order valence-corrected chi connectivity index (χ0v) is 24.1. The predicted molar refractivity (Wildman–Crippen MR) is 152 cm³/mol. The first kappa shape index (κ1) is 32.7. The molecule has 0 aliphatic carbocycles. The number of rotatable bonds is 12. The largest absolute Gasteiger partial charge is 0.508 e. The second-order valence-corrected chi connectivity index (χ2v) is 12.5.